The quantitative estimate of drug-likeness (QED) is 0.881. The Hall–Kier alpha value is -1.26. The zero-order valence-corrected chi connectivity index (χ0v) is 11.2. The fourth-order valence-corrected chi connectivity index (χ4v) is 2.76. The van der Waals surface area contributed by atoms with Crippen LogP contribution in [-0.2, 0) is 0 Å². The fourth-order valence-electron chi connectivity index (χ4n) is 2.02. The number of nitrogens with one attached hydrogen (secondary N) is 1. The van der Waals surface area contributed by atoms with E-state index in [-0.39, 0.29) is 11.9 Å². The molecule has 1 aromatic heterocycles. The summed E-state index contributed by atoms with van der Waals surface area (Å²) in [6.45, 7) is 4.63. The predicted octanol–water partition coefficient (Wildman–Crippen LogP) is 4.03. The minimum Gasteiger partial charge on any atom is -0.306 e. The molecule has 2 aromatic rings. The van der Waals surface area contributed by atoms with Crippen LogP contribution in [0.15, 0.2) is 29.6 Å². The molecule has 1 N–H and O–H groups in total. The highest BCUT2D eigenvalue weighted by molar-refractivity contribution is 7.10. The van der Waals surface area contributed by atoms with Gasteiger partial charge in [0.25, 0.3) is 0 Å². The molecule has 2 rings (SSSR count). The van der Waals surface area contributed by atoms with Crippen molar-refractivity contribution in [1.29, 1.82) is 0 Å². The highest BCUT2D eigenvalue weighted by Crippen LogP contribution is 2.30. The Labute approximate surface area is 109 Å². The molecule has 0 aliphatic heterocycles. The van der Waals surface area contributed by atoms with Crippen LogP contribution in [0.25, 0.3) is 0 Å². The number of benzene rings is 1. The van der Waals surface area contributed by atoms with Gasteiger partial charge < -0.3 is 5.32 Å². The van der Waals surface area contributed by atoms with Gasteiger partial charge in [0.2, 0.25) is 0 Å². The maximum absolute atomic E-state index is 13.9. The highest BCUT2D eigenvalue weighted by atomic mass is 32.1. The molecular formula is C14H15F2NS. The van der Waals surface area contributed by atoms with Crippen LogP contribution >= 0.6 is 11.3 Å². The van der Waals surface area contributed by atoms with Gasteiger partial charge in [-0.05, 0) is 48.7 Å². The monoisotopic (exact) mass is 267 g/mol. The van der Waals surface area contributed by atoms with E-state index in [0.717, 1.165) is 16.5 Å². The van der Waals surface area contributed by atoms with E-state index in [4.69, 9.17) is 0 Å². The summed E-state index contributed by atoms with van der Waals surface area (Å²) in [5, 5.41) is 5.17. The first-order valence-electron chi connectivity index (χ1n) is 5.85. The molecule has 0 saturated carbocycles. The second-order valence-electron chi connectivity index (χ2n) is 4.09. The molecule has 1 nitrogen and oxygen atoms in total. The molecule has 0 saturated heterocycles. The van der Waals surface area contributed by atoms with Crippen LogP contribution in [-0.4, -0.2) is 6.54 Å². The number of aryl methyl sites for hydroxylation is 1. The van der Waals surface area contributed by atoms with Gasteiger partial charge in [-0.15, -0.1) is 11.3 Å². The first-order chi connectivity index (χ1) is 8.63. The standard InChI is InChI=1S/C14H15F2NS/c1-3-17-14(11-6-7-18-9(11)2)12-8-10(15)4-5-13(12)16/h4-8,14,17H,3H2,1-2H3. The van der Waals surface area contributed by atoms with Gasteiger partial charge in [0, 0.05) is 10.4 Å². The molecule has 1 aromatic carbocycles. The second kappa shape index (κ2) is 5.59. The van der Waals surface area contributed by atoms with Crippen LogP contribution in [0.4, 0.5) is 8.78 Å². The van der Waals surface area contributed by atoms with E-state index in [1.54, 1.807) is 11.3 Å². The fraction of sp³-hybridized carbons (Fsp3) is 0.286. The van der Waals surface area contributed by atoms with Gasteiger partial charge in [0.05, 0.1) is 6.04 Å². The third-order valence-corrected chi connectivity index (χ3v) is 3.75. The first kappa shape index (κ1) is 13.2. The lowest BCUT2D eigenvalue weighted by atomic mass is 9.98. The van der Waals surface area contributed by atoms with Crippen molar-refractivity contribution in [1.82, 2.24) is 5.32 Å². The minimum absolute atomic E-state index is 0.294. The summed E-state index contributed by atoms with van der Waals surface area (Å²) >= 11 is 1.61. The van der Waals surface area contributed by atoms with Crippen molar-refractivity contribution in [2.24, 2.45) is 0 Å². The van der Waals surface area contributed by atoms with E-state index in [1.807, 2.05) is 25.3 Å². The smallest absolute Gasteiger partial charge is 0.128 e. The van der Waals surface area contributed by atoms with E-state index < -0.39 is 5.82 Å². The number of thiophene rings is 1. The van der Waals surface area contributed by atoms with Gasteiger partial charge in [-0.2, -0.15) is 0 Å². The Morgan fingerprint density at radius 3 is 2.61 bits per heavy atom. The molecule has 0 aliphatic rings. The van der Waals surface area contributed by atoms with Crippen LogP contribution in [0.3, 0.4) is 0 Å². The minimum atomic E-state index is -0.415. The van der Waals surface area contributed by atoms with Crippen molar-refractivity contribution >= 4 is 11.3 Å². The Kier molecular flexibility index (Phi) is 4.09. The topological polar surface area (TPSA) is 12.0 Å². The Morgan fingerprint density at radius 2 is 2.00 bits per heavy atom. The van der Waals surface area contributed by atoms with E-state index in [2.05, 4.69) is 5.32 Å². The second-order valence-corrected chi connectivity index (χ2v) is 5.21. The van der Waals surface area contributed by atoms with Crippen molar-refractivity contribution in [3.05, 3.63) is 57.3 Å². The van der Waals surface area contributed by atoms with E-state index in [0.29, 0.717) is 12.1 Å². The molecular weight excluding hydrogens is 252 g/mol. The molecule has 1 unspecified atom stereocenters. The molecule has 0 fully saturated rings. The summed E-state index contributed by atoms with van der Waals surface area (Å²) in [4.78, 5) is 1.12. The van der Waals surface area contributed by atoms with Gasteiger partial charge in [-0.25, -0.2) is 8.78 Å². The Balaban J connectivity index is 2.48. The summed E-state index contributed by atoms with van der Waals surface area (Å²) in [6, 6.07) is 5.24. The normalized spacial score (nSPS) is 12.7. The molecule has 1 atom stereocenters. The summed E-state index contributed by atoms with van der Waals surface area (Å²) in [5.41, 5.74) is 1.37. The molecule has 1 heterocycles. The van der Waals surface area contributed by atoms with Gasteiger partial charge in [0.1, 0.15) is 11.6 Å². The average Bonchev–Trinajstić information content (AvgIpc) is 2.76. The largest absolute Gasteiger partial charge is 0.306 e. The van der Waals surface area contributed by atoms with Crippen molar-refractivity contribution in [3.8, 4) is 0 Å². The molecule has 0 bridgehead atoms. The maximum Gasteiger partial charge on any atom is 0.128 e. The highest BCUT2D eigenvalue weighted by Gasteiger charge is 2.19. The van der Waals surface area contributed by atoms with Gasteiger partial charge in [-0.3, -0.25) is 0 Å². The zero-order chi connectivity index (χ0) is 13.1. The Morgan fingerprint density at radius 1 is 1.22 bits per heavy atom. The zero-order valence-electron chi connectivity index (χ0n) is 10.3. The lowest BCUT2D eigenvalue weighted by molar-refractivity contribution is 0.544. The van der Waals surface area contributed by atoms with Gasteiger partial charge >= 0.3 is 0 Å². The SMILES string of the molecule is CCNC(c1cc(F)ccc1F)c1ccsc1C. The van der Waals surface area contributed by atoms with Crippen molar-refractivity contribution in [3.63, 3.8) is 0 Å². The first-order valence-corrected chi connectivity index (χ1v) is 6.73. The third kappa shape index (κ3) is 2.60. The number of hydrogen-bond donors (Lipinski definition) is 1. The predicted molar refractivity (Wildman–Crippen MR) is 70.9 cm³/mol. The lowest BCUT2D eigenvalue weighted by Gasteiger charge is -2.19. The van der Waals surface area contributed by atoms with Crippen LogP contribution in [0, 0.1) is 18.6 Å². The maximum atomic E-state index is 13.9. The number of rotatable bonds is 4. The van der Waals surface area contributed by atoms with Crippen molar-refractivity contribution in [2.75, 3.05) is 6.54 Å². The number of halogens is 2. The summed E-state index contributed by atoms with van der Waals surface area (Å²) in [5.74, 6) is -0.796. The van der Waals surface area contributed by atoms with E-state index in [1.165, 1.54) is 12.1 Å². The summed E-state index contributed by atoms with van der Waals surface area (Å²) < 4.78 is 27.2. The van der Waals surface area contributed by atoms with Crippen LogP contribution in [0.1, 0.15) is 29.0 Å². The summed E-state index contributed by atoms with van der Waals surface area (Å²) in [7, 11) is 0. The summed E-state index contributed by atoms with van der Waals surface area (Å²) in [6.07, 6.45) is 0. The lowest BCUT2D eigenvalue weighted by Crippen LogP contribution is -2.23. The van der Waals surface area contributed by atoms with Crippen molar-refractivity contribution in [2.45, 2.75) is 19.9 Å². The van der Waals surface area contributed by atoms with Gasteiger partial charge in [0.15, 0.2) is 0 Å². The molecule has 0 radical (unpaired) electrons. The molecule has 96 valence electrons. The van der Waals surface area contributed by atoms with Crippen LogP contribution < -0.4 is 5.32 Å². The van der Waals surface area contributed by atoms with Crippen LogP contribution in [0.5, 0.6) is 0 Å². The van der Waals surface area contributed by atoms with Crippen molar-refractivity contribution < 1.29 is 8.78 Å². The molecule has 0 aliphatic carbocycles. The molecule has 18 heavy (non-hydrogen) atoms. The molecule has 0 amide bonds. The molecule has 4 heteroatoms. The third-order valence-electron chi connectivity index (χ3n) is 2.89. The van der Waals surface area contributed by atoms with Crippen LogP contribution in [0.2, 0.25) is 0 Å². The van der Waals surface area contributed by atoms with E-state index in [9.17, 15) is 8.78 Å². The Bertz CT molecular complexity index is 536. The molecule has 0 spiro atoms. The van der Waals surface area contributed by atoms with E-state index >= 15 is 0 Å². The number of hydrogen-bond acceptors (Lipinski definition) is 2. The average molecular weight is 267 g/mol. The van der Waals surface area contributed by atoms with Gasteiger partial charge in [-0.1, -0.05) is 6.92 Å².